The molecule has 11 nitrogen and oxygen atoms in total. The van der Waals surface area contributed by atoms with Gasteiger partial charge in [-0.3, -0.25) is 23.4 Å². The molecule has 0 amide bonds. The number of aliphatic hydroxyl groups is 1. The molecule has 416 valence electrons. The number of rotatable bonds is 49. The second kappa shape index (κ2) is 54.6. The van der Waals surface area contributed by atoms with Gasteiger partial charge in [0.05, 0.1) is 26.2 Å². The molecule has 0 fully saturated rings. The van der Waals surface area contributed by atoms with E-state index in [1.54, 1.807) is 6.08 Å². The topological polar surface area (TPSA) is 155 Å². The number of aliphatic hydroxyl groups excluding tert-OH is 1. The van der Waals surface area contributed by atoms with Crippen molar-refractivity contribution in [1.29, 1.82) is 0 Å². The number of ether oxygens (including phenoxy) is 3. The molecule has 0 spiro atoms. The summed E-state index contributed by atoms with van der Waals surface area (Å²) in [5.74, 6) is -1.67. The third-order valence-electron chi connectivity index (χ3n) is 10.8. The molecule has 0 radical (unpaired) electrons. The summed E-state index contributed by atoms with van der Waals surface area (Å²) >= 11 is 0. The molecule has 0 aliphatic carbocycles. The van der Waals surface area contributed by atoms with Gasteiger partial charge >= 0.3 is 25.7 Å². The molecule has 74 heavy (non-hydrogen) atoms. The van der Waals surface area contributed by atoms with E-state index in [1.807, 2.05) is 18.2 Å². The van der Waals surface area contributed by atoms with E-state index in [2.05, 4.69) is 142 Å². The highest BCUT2D eigenvalue weighted by Gasteiger charge is 2.28. The molecule has 3 unspecified atom stereocenters. The van der Waals surface area contributed by atoms with Gasteiger partial charge in [0.15, 0.2) is 6.10 Å². The zero-order valence-electron chi connectivity index (χ0n) is 45.7. The van der Waals surface area contributed by atoms with Crippen molar-refractivity contribution in [3.63, 3.8) is 0 Å². The first-order valence-corrected chi connectivity index (χ1v) is 29.2. The fourth-order valence-electron chi connectivity index (χ4n) is 6.67. The van der Waals surface area contributed by atoms with Gasteiger partial charge in [0.1, 0.15) is 12.7 Å². The maximum Gasteiger partial charge on any atom is 0.472 e. The van der Waals surface area contributed by atoms with Crippen LogP contribution < -0.4 is 0 Å². The largest absolute Gasteiger partial charge is 0.472 e. The minimum atomic E-state index is -4.79. The summed E-state index contributed by atoms with van der Waals surface area (Å²) in [5, 5.41) is 9.79. The van der Waals surface area contributed by atoms with E-state index in [9.17, 15) is 28.9 Å². The van der Waals surface area contributed by atoms with Crippen LogP contribution in [0, 0.1) is 0 Å². The summed E-state index contributed by atoms with van der Waals surface area (Å²) in [6.07, 6.45) is 69.8. The summed E-state index contributed by atoms with van der Waals surface area (Å²) in [6, 6.07) is 0. The van der Waals surface area contributed by atoms with Crippen LogP contribution in [-0.2, 0) is 42.2 Å². The summed E-state index contributed by atoms with van der Waals surface area (Å²) in [4.78, 5) is 48.4. The van der Waals surface area contributed by atoms with E-state index >= 15 is 0 Å². The first-order valence-electron chi connectivity index (χ1n) is 27.7. The van der Waals surface area contributed by atoms with Crippen LogP contribution in [-0.4, -0.2) is 66.5 Å². The van der Waals surface area contributed by atoms with E-state index in [1.165, 1.54) is 0 Å². The van der Waals surface area contributed by atoms with Crippen molar-refractivity contribution < 1.29 is 52.2 Å². The molecule has 0 aliphatic heterocycles. The molecule has 0 aliphatic rings. The van der Waals surface area contributed by atoms with Gasteiger partial charge in [-0.25, -0.2) is 4.57 Å². The molecular formula is C62H97O11P. The van der Waals surface area contributed by atoms with Gasteiger partial charge in [-0.05, 0) is 116 Å². The maximum atomic E-state index is 12.9. The lowest BCUT2D eigenvalue weighted by molar-refractivity contribution is -0.161. The Morgan fingerprint density at radius 3 is 1.12 bits per heavy atom. The van der Waals surface area contributed by atoms with Crippen molar-refractivity contribution in [2.75, 3.05) is 26.4 Å². The predicted molar refractivity (Wildman–Crippen MR) is 306 cm³/mol. The minimum absolute atomic E-state index is 0.0661. The molecule has 0 bridgehead atoms. The van der Waals surface area contributed by atoms with Crippen LogP contribution in [0.4, 0.5) is 0 Å². The molecule has 3 atom stereocenters. The van der Waals surface area contributed by atoms with Crippen LogP contribution in [0.25, 0.3) is 0 Å². The Hall–Kier alpha value is -4.64. The quantitative estimate of drug-likeness (QED) is 0.0197. The fraction of sp³-hybridized carbons (Fsp3) is 0.565. The Labute approximate surface area is 448 Å². The van der Waals surface area contributed by atoms with Gasteiger partial charge in [0.25, 0.3) is 0 Å². The monoisotopic (exact) mass is 1050 g/mol. The van der Waals surface area contributed by atoms with Gasteiger partial charge in [-0.15, -0.1) is 0 Å². The number of phosphoric ester groups is 1. The first kappa shape index (κ1) is 69.4. The van der Waals surface area contributed by atoms with Gasteiger partial charge in [0.2, 0.25) is 0 Å². The second-order valence-corrected chi connectivity index (χ2v) is 19.1. The molecule has 2 N–H and O–H groups in total. The highest BCUT2D eigenvalue weighted by Crippen LogP contribution is 2.43. The second-order valence-electron chi connectivity index (χ2n) is 17.6. The van der Waals surface area contributed by atoms with Crippen molar-refractivity contribution in [3.8, 4) is 0 Å². The Kier molecular flexibility index (Phi) is 51.2. The zero-order valence-corrected chi connectivity index (χ0v) is 46.6. The zero-order chi connectivity index (χ0) is 54.1. The van der Waals surface area contributed by atoms with Crippen LogP contribution >= 0.6 is 7.82 Å². The lowest BCUT2D eigenvalue weighted by atomic mass is 10.1. The lowest BCUT2D eigenvalue weighted by Crippen LogP contribution is -2.30. The third kappa shape index (κ3) is 52.2. The fourth-order valence-corrected chi connectivity index (χ4v) is 7.45. The number of unbranched alkanes of at least 4 members (excludes halogenated alkanes) is 9. The van der Waals surface area contributed by atoms with Gasteiger partial charge in [-0.2, -0.15) is 0 Å². The number of carbonyl (C=O) groups excluding carboxylic acids is 3. The van der Waals surface area contributed by atoms with Gasteiger partial charge < -0.3 is 24.2 Å². The molecule has 0 saturated heterocycles. The lowest BCUT2D eigenvalue weighted by Gasteiger charge is -2.21. The Morgan fingerprint density at radius 2 is 0.716 bits per heavy atom. The minimum Gasteiger partial charge on any atom is -0.462 e. The summed E-state index contributed by atoms with van der Waals surface area (Å²) in [5.41, 5.74) is 0. The smallest absolute Gasteiger partial charge is 0.462 e. The summed E-state index contributed by atoms with van der Waals surface area (Å²) in [7, 11) is -4.79. The van der Waals surface area contributed by atoms with Crippen LogP contribution in [0.2, 0.25) is 0 Å². The SMILES string of the molecule is CC/C=C\C/C=C\C/C=C\C/C=C\C/C=C\CC(=O)OC(CO)COP(=O)(O)OCC(COC(=O)CCCCCCC/C=C\C/C=C\C/C=C\CC)OC(=O)CCCCCC/C=C\C/C=C\C/C=C\C/C=C\CC. The Balaban J connectivity index is 4.91. The number of allylic oxidation sites excluding steroid dienone is 23. The number of phosphoric acid groups is 1. The van der Waals surface area contributed by atoms with Gasteiger partial charge in [-0.1, -0.05) is 199 Å². The van der Waals surface area contributed by atoms with Crippen LogP contribution in [0.15, 0.2) is 146 Å². The highest BCUT2D eigenvalue weighted by molar-refractivity contribution is 7.47. The standard InChI is InChI=1S/C62H97O11P/c1-4-7-10-13-16-19-22-25-28-29-32-35-38-41-44-47-50-53-62(66)73-59(55-69-60(64)51-48-45-42-39-36-33-30-26-23-20-17-14-11-8-5-2)57-71-74(67,68)70-56-58(54-63)72-61(65)52-49-46-43-40-37-34-31-27-24-21-18-15-12-9-6-3/h7-12,16-21,25-28,30-32,35,37,40,46,49,58-59,63H,4-6,13-15,22-24,29,33-34,36,38-39,41-45,47-48,50-57H2,1-3H3,(H,67,68)/b10-7-,11-8-,12-9-,19-16-,20-17-,21-18-,28-25-,30-26-,31-27-,35-32-,40-37-,49-46-. The number of esters is 3. The Bertz CT molecular complexity index is 1800. The van der Waals surface area contributed by atoms with E-state index < -0.39 is 57.8 Å². The number of carbonyl (C=O) groups is 3. The average molecular weight is 1050 g/mol. The predicted octanol–water partition coefficient (Wildman–Crippen LogP) is 16.4. The molecule has 0 aromatic heterocycles. The molecule has 0 aromatic carbocycles. The third-order valence-corrected chi connectivity index (χ3v) is 11.7. The number of hydrogen-bond donors (Lipinski definition) is 2. The maximum absolute atomic E-state index is 12.9. The van der Waals surface area contributed by atoms with E-state index in [0.29, 0.717) is 19.3 Å². The van der Waals surface area contributed by atoms with E-state index in [-0.39, 0.29) is 25.9 Å². The van der Waals surface area contributed by atoms with Gasteiger partial charge in [0, 0.05) is 12.8 Å². The van der Waals surface area contributed by atoms with Crippen molar-refractivity contribution >= 4 is 25.7 Å². The van der Waals surface area contributed by atoms with Crippen LogP contribution in [0.5, 0.6) is 0 Å². The van der Waals surface area contributed by atoms with E-state index in [0.717, 1.165) is 128 Å². The highest BCUT2D eigenvalue weighted by atomic mass is 31.2. The molecule has 12 heteroatoms. The molecular weight excluding hydrogens is 952 g/mol. The molecule has 0 saturated carbocycles. The number of hydrogen-bond acceptors (Lipinski definition) is 10. The molecule has 0 heterocycles. The van der Waals surface area contributed by atoms with Crippen molar-refractivity contribution in [1.82, 2.24) is 0 Å². The van der Waals surface area contributed by atoms with Crippen LogP contribution in [0.3, 0.4) is 0 Å². The Morgan fingerprint density at radius 1 is 0.392 bits per heavy atom. The van der Waals surface area contributed by atoms with E-state index in [4.69, 9.17) is 23.3 Å². The normalized spacial score (nSPS) is 14.5. The first-order chi connectivity index (χ1) is 36.2. The summed E-state index contributed by atoms with van der Waals surface area (Å²) < 4.78 is 39.3. The molecule has 0 rings (SSSR count). The van der Waals surface area contributed by atoms with Crippen molar-refractivity contribution in [2.45, 2.75) is 200 Å². The van der Waals surface area contributed by atoms with Crippen molar-refractivity contribution in [2.24, 2.45) is 0 Å². The summed E-state index contributed by atoms with van der Waals surface area (Å²) in [6.45, 7) is 4.11. The average Bonchev–Trinajstić information content (AvgIpc) is 3.39. The van der Waals surface area contributed by atoms with Crippen molar-refractivity contribution in [3.05, 3.63) is 146 Å². The van der Waals surface area contributed by atoms with Crippen LogP contribution in [0.1, 0.15) is 188 Å². The molecule has 0 aromatic rings.